The van der Waals surface area contributed by atoms with Crippen LogP contribution in [0.4, 0.5) is 5.95 Å². The van der Waals surface area contributed by atoms with Crippen molar-refractivity contribution in [3.63, 3.8) is 0 Å². The van der Waals surface area contributed by atoms with E-state index in [4.69, 9.17) is 16.6 Å². The minimum absolute atomic E-state index is 0.0777. The van der Waals surface area contributed by atoms with Crippen LogP contribution in [0.3, 0.4) is 0 Å². The van der Waals surface area contributed by atoms with Crippen LogP contribution in [0.1, 0.15) is 18.5 Å². The van der Waals surface area contributed by atoms with Gasteiger partial charge in [-0.2, -0.15) is 0 Å². The summed E-state index contributed by atoms with van der Waals surface area (Å²) in [7, 11) is 1.77. The lowest BCUT2D eigenvalue weighted by atomic mass is 10.0. The van der Waals surface area contributed by atoms with E-state index in [0.29, 0.717) is 18.2 Å². The highest BCUT2D eigenvalue weighted by molar-refractivity contribution is 6.30. The van der Waals surface area contributed by atoms with E-state index in [1.807, 2.05) is 36.4 Å². The lowest BCUT2D eigenvalue weighted by molar-refractivity contribution is 0.389. The second-order valence-electron chi connectivity index (χ2n) is 7.15. The van der Waals surface area contributed by atoms with E-state index < -0.39 is 0 Å². The molecule has 0 saturated carbocycles. The molecule has 3 aromatic rings. The molecular formula is C21H22ClN5O. The van der Waals surface area contributed by atoms with Crippen LogP contribution in [-0.4, -0.2) is 33.7 Å². The first kappa shape index (κ1) is 18.7. The molecule has 1 unspecified atom stereocenters. The molecular weight excluding hydrogens is 374 g/mol. The number of nitrogens with one attached hydrogen (secondary N) is 1. The van der Waals surface area contributed by atoms with Crippen molar-refractivity contribution in [2.45, 2.75) is 19.0 Å². The van der Waals surface area contributed by atoms with E-state index in [-0.39, 0.29) is 17.6 Å². The van der Waals surface area contributed by atoms with Gasteiger partial charge >= 0.3 is 0 Å². The lowest BCUT2D eigenvalue weighted by Gasteiger charge is -2.39. The van der Waals surface area contributed by atoms with E-state index in [9.17, 15) is 4.79 Å². The predicted octanol–water partition coefficient (Wildman–Crippen LogP) is 3.04. The van der Waals surface area contributed by atoms with E-state index in [1.54, 1.807) is 30.1 Å². The van der Waals surface area contributed by atoms with Crippen molar-refractivity contribution in [2.75, 3.05) is 18.0 Å². The van der Waals surface area contributed by atoms with Crippen molar-refractivity contribution in [2.24, 2.45) is 7.05 Å². The molecule has 1 aliphatic heterocycles. The number of hydrogen-bond donors (Lipinski definition) is 1. The fourth-order valence-electron chi connectivity index (χ4n) is 3.62. The molecule has 7 heteroatoms. The molecule has 2 atom stereocenters. The molecule has 3 heterocycles. The van der Waals surface area contributed by atoms with Crippen LogP contribution in [0.2, 0.25) is 5.02 Å². The van der Waals surface area contributed by atoms with Gasteiger partial charge in [-0.05, 0) is 36.8 Å². The number of rotatable bonds is 3. The van der Waals surface area contributed by atoms with Gasteiger partial charge in [-0.25, -0.2) is 4.98 Å². The third-order valence-corrected chi connectivity index (χ3v) is 5.28. The van der Waals surface area contributed by atoms with Crippen molar-refractivity contribution in [3.8, 4) is 11.3 Å². The number of piperazine rings is 1. The molecule has 0 amide bonds. The standard InChI is InChI=1S/C21H22ClN5O/c1-14-12-27(13-19(24-14)15-3-5-17(22)6-4-15)21-25-18(11-20(28)26(21)2)16-7-9-23-10-8-16/h3-11,14,19,24H,12-13H2,1-2H3/t14?,19-/m1/s1. The summed E-state index contributed by atoms with van der Waals surface area (Å²) in [4.78, 5) is 23.6. The second kappa shape index (κ2) is 7.73. The van der Waals surface area contributed by atoms with Gasteiger partial charge in [-0.3, -0.25) is 14.3 Å². The smallest absolute Gasteiger partial charge is 0.255 e. The molecule has 0 bridgehead atoms. The van der Waals surface area contributed by atoms with Crippen LogP contribution in [0.15, 0.2) is 59.7 Å². The van der Waals surface area contributed by atoms with Gasteiger partial charge in [0.25, 0.3) is 5.56 Å². The summed E-state index contributed by atoms with van der Waals surface area (Å²) in [5.41, 5.74) is 2.63. The third-order valence-electron chi connectivity index (χ3n) is 5.03. The average molecular weight is 396 g/mol. The van der Waals surface area contributed by atoms with E-state index >= 15 is 0 Å². The van der Waals surface area contributed by atoms with Crippen molar-refractivity contribution >= 4 is 17.5 Å². The number of benzene rings is 1. The van der Waals surface area contributed by atoms with Crippen LogP contribution in [0.5, 0.6) is 0 Å². The second-order valence-corrected chi connectivity index (χ2v) is 7.59. The Balaban J connectivity index is 1.70. The minimum atomic E-state index is -0.0777. The predicted molar refractivity (Wildman–Crippen MR) is 112 cm³/mol. The van der Waals surface area contributed by atoms with E-state index in [2.05, 4.69) is 22.1 Å². The zero-order valence-corrected chi connectivity index (χ0v) is 16.6. The summed E-state index contributed by atoms with van der Waals surface area (Å²) in [6.45, 7) is 3.62. The molecule has 2 aromatic heterocycles. The number of anilines is 1. The molecule has 1 saturated heterocycles. The minimum Gasteiger partial charge on any atom is -0.339 e. The highest BCUT2D eigenvalue weighted by Gasteiger charge is 2.27. The van der Waals surface area contributed by atoms with Gasteiger partial charge in [-0.1, -0.05) is 23.7 Å². The largest absolute Gasteiger partial charge is 0.339 e. The summed E-state index contributed by atoms with van der Waals surface area (Å²) < 4.78 is 1.61. The average Bonchev–Trinajstić information content (AvgIpc) is 2.70. The Bertz CT molecular complexity index is 1020. The Kier molecular flexibility index (Phi) is 5.15. The first-order chi connectivity index (χ1) is 13.5. The van der Waals surface area contributed by atoms with Crippen LogP contribution < -0.4 is 15.8 Å². The van der Waals surface area contributed by atoms with E-state index in [1.165, 1.54) is 0 Å². The van der Waals surface area contributed by atoms with Gasteiger partial charge in [0.1, 0.15) is 0 Å². The Morgan fingerprint density at radius 2 is 1.82 bits per heavy atom. The molecule has 6 nitrogen and oxygen atoms in total. The summed E-state index contributed by atoms with van der Waals surface area (Å²) in [6, 6.07) is 13.6. The highest BCUT2D eigenvalue weighted by atomic mass is 35.5. The molecule has 144 valence electrons. The Hall–Kier alpha value is -2.70. The fraction of sp³-hybridized carbons (Fsp3) is 0.286. The molecule has 0 spiro atoms. The first-order valence-corrected chi connectivity index (χ1v) is 9.64. The lowest BCUT2D eigenvalue weighted by Crippen LogP contribution is -2.52. The maximum Gasteiger partial charge on any atom is 0.255 e. The van der Waals surface area contributed by atoms with Gasteiger partial charge in [0.15, 0.2) is 0 Å². The highest BCUT2D eigenvalue weighted by Crippen LogP contribution is 2.25. The summed E-state index contributed by atoms with van der Waals surface area (Å²) >= 11 is 6.03. The summed E-state index contributed by atoms with van der Waals surface area (Å²) in [5, 5.41) is 4.34. The van der Waals surface area contributed by atoms with Crippen molar-refractivity contribution < 1.29 is 0 Å². The van der Waals surface area contributed by atoms with Crippen molar-refractivity contribution in [1.29, 1.82) is 0 Å². The number of halogens is 1. The zero-order chi connectivity index (χ0) is 19.7. The van der Waals surface area contributed by atoms with Gasteiger partial charge in [0, 0.05) is 55.2 Å². The maximum absolute atomic E-state index is 12.6. The molecule has 1 fully saturated rings. The van der Waals surface area contributed by atoms with Crippen molar-refractivity contribution in [1.82, 2.24) is 19.9 Å². The quantitative estimate of drug-likeness (QED) is 0.738. The fourth-order valence-corrected chi connectivity index (χ4v) is 3.74. The normalized spacial score (nSPS) is 19.6. The zero-order valence-electron chi connectivity index (χ0n) is 15.8. The van der Waals surface area contributed by atoms with Crippen LogP contribution >= 0.6 is 11.6 Å². The van der Waals surface area contributed by atoms with Gasteiger partial charge in [0.05, 0.1) is 11.7 Å². The maximum atomic E-state index is 12.6. The molecule has 1 aliphatic rings. The SMILES string of the molecule is CC1CN(c2nc(-c3ccncc3)cc(=O)n2C)C[C@H](c2ccc(Cl)cc2)N1. The number of nitrogens with zero attached hydrogens (tertiary/aromatic N) is 4. The molecule has 1 aromatic carbocycles. The monoisotopic (exact) mass is 395 g/mol. The van der Waals surface area contributed by atoms with Crippen LogP contribution in [-0.2, 0) is 7.05 Å². The van der Waals surface area contributed by atoms with Crippen molar-refractivity contribution in [3.05, 3.63) is 75.8 Å². The van der Waals surface area contributed by atoms with Gasteiger partial charge < -0.3 is 10.2 Å². The summed E-state index contributed by atoms with van der Waals surface area (Å²) in [5.74, 6) is 0.673. The first-order valence-electron chi connectivity index (χ1n) is 9.26. The summed E-state index contributed by atoms with van der Waals surface area (Å²) in [6.07, 6.45) is 3.41. The molecule has 1 N–H and O–H groups in total. The Labute approximate surface area is 168 Å². The van der Waals surface area contributed by atoms with E-state index in [0.717, 1.165) is 22.7 Å². The molecule has 28 heavy (non-hydrogen) atoms. The number of pyridine rings is 1. The molecule has 4 rings (SSSR count). The van der Waals surface area contributed by atoms with Gasteiger partial charge in [0.2, 0.25) is 5.95 Å². The van der Waals surface area contributed by atoms with Crippen LogP contribution in [0, 0.1) is 0 Å². The number of hydrogen-bond acceptors (Lipinski definition) is 5. The molecule has 0 aliphatic carbocycles. The van der Waals surface area contributed by atoms with Crippen LogP contribution in [0.25, 0.3) is 11.3 Å². The Morgan fingerprint density at radius 1 is 1.11 bits per heavy atom. The topological polar surface area (TPSA) is 63.1 Å². The molecule has 0 radical (unpaired) electrons. The third kappa shape index (κ3) is 3.79. The number of aromatic nitrogens is 3. The Morgan fingerprint density at radius 3 is 2.54 bits per heavy atom. The van der Waals surface area contributed by atoms with Gasteiger partial charge in [-0.15, -0.1) is 0 Å².